The third kappa shape index (κ3) is 8.48. The van der Waals surface area contributed by atoms with Gasteiger partial charge in [0.25, 0.3) is 0 Å². The molecule has 0 fully saturated rings. The zero-order valence-electron chi connectivity index (χ0n) is 16.9. The number of ether oxygens (including phenoxy) is 1. The summed E-state index contributed by atoms with van der Waals surface area (Å²) in [6.45, 7) is 12.5. The molecular formula is C21H33NO4. The molecule has 0 radical (unpaired) electrons. The van der Waals surface area contributed by atoms with E-state index >= 15 is 0 Å². The molecule has 0 aliphatic carbocycles. The first-order valence-electron chi connectivity index (χ1n) is 9.14. The second kappa shape index (κ2) is 9.17. The third-order valence-electron chi connectivity index (χ3n) is 4.04. The minimum absolute atomic E-state index is 0.0970. The Kier molecular flexibility index (Phi) is 7.82. The molecule has 5 heteroatoms. The lowest BCUT2D eigenvalue weighted by atomic mass is 9.86. The highest BCUT2D eigenvalue weighted by atomic mass is 16.5. The van der Waals surface area contributed by atoms with Crippen LogP contribution in [0.2, 0.25) is 0 Å². The van der Waals surface area contributed by atoms with Gasteiger partial charge >= 0.3 is 5.97 Å². The average molecular weight is 363 g/mol. The first-order valence-corrected chi connectivity index (χ1v) is 9.14. The van der Waals surface area contributed by atoms with E-state index in [9.17, 15) is 14.7 Å². The molecule has 2 N–H and O–H groups in total. The number of nitrogens with one attached hydrogen (secondary N) is 1. The predicted molar refractivity (Wildman–Crippen MR) is 103 cm³/mol. The summed E-state index contributed by atoms with van der Waals surface area (Å²) in [6.07, 6.45) is 1.10. The van der Waals surface area contributed by atoms with Crippen molar-refractivity contribution in [1.82, 2.24) is 5.32 Å². The van der Waals surface area contributed by atoms with Gasteiger partial charge in [-0.1, -0.05) is 45.0 Å². The van der Waals surface area contributed by atoms with Crippen LogP contribution < -0.4 is 5.32 Å². The van der Waals surface area contributed by atoms with E-state index in [1.54, 1.807) is 0 Å². The van der Waals surface area contributed by atoms with E-state index in [0.29, 0.717) is 6.42 Å². The van der Waals surface area contributed by atoms with Crippen LogP contribution >= 0.6 is 0 Å². The van der Waals surface area contributed by atoms with Crippen LogP contribution in [0, 0.1) is 0 Å². The fourth-order valence-corrected chi connectivity index (χ4v) is 2.44. The maximum absolute atomic E-state index is 12.1. The van der Waals surface area contributed by atoms with Gasteiger partial charge in [0.15, 0.2) is 0 Å². The number of carbonyl (C=O) groups excluding carboxylic acids is 1. The lowest BCUT2D eigenvalue weighted by Crippen LogP contribution is -2.42. The first-order chi connectivity index (χ1) is 11.9. The van der Waals surface area contributed by atoms with Gasteiger partial charge in [0.1, 0.15) is 6.04 Å². The third-order valence-corrected chi connectivity index (χ3v) is 4.04. The SMILES string of the molecule is CC(C)(C)OCCC(NC(=O)CCc1ccc(C(C)(C)C)cc1)C(=O)O. The molecule has 1 rings (SSSR count). The molecule has 1 atom stereocenters. The molecule has 0 spiro atoms. The van der Waals surface area contributed by atoms with E-state index in [1.165, 1.54) is 5.56 Å². The van der Waals surface area contributed by atoms with Crippen molar-refractivity contribution in [3.05, 3.63) is 35.4 Å². The van der Waals surface area contributed by atoms with Crippen LogP contribution in [0.25, 0.3) is 0 Å². The number of amides is 1. The topological polar surface area (TPSA) is 75.6 Å². The van der Waals surface area contributed by atoms with Crippen molar-refractivity contribution in [3.63, 3.8) is 0 Å². The Morgan fingerprint density at radius 2 is 1.65 bits per heavy atom. The van der Waals surface area contributed by atoms with Crippen LogP contribution in [-0.4, -0.2) is 35.2 Å². The molecule has 0 bridgehead atoms. The Bertz CT molecular complexity index is 594. The van der Waals surface area contributed by atoms with Gasteiger partial charge in [-0.2, -0.15) is 0 Å². The summed E-state index contributed by atoms with van der Waals surface area (Å²) in [5, 5.41) is 11.9. The minimum atomic E-state index is -1.04. The molecular weight excluding hydrogens is 330 g/mol. The molecule has 0 saturated heterocycles. The van der Waals surface area contributed by atoms with Gasteiger partial charge in [-0.3, -0.25) is 4.79 Å². The van der Waals surface area contributed by atoms with Crippen LogP contribution in [-0.2, 0) is 26.2 Å². The molecule has 0 saturated carbocycles. The van der Waals surface area contributed by atoms with Crippen LogP contribution in [0.4, 0.5) is 0 Å². The van der Waals surface area contributed by atoms with Crippen molar-refractivity contribution < 1.29 is 19.4 Å². The molecule has 1 amide bonds. The van der Waals surface area contributed by atoms with Gasteiger partial charge in [-0.15, -0.1) is 0 Å². The van der Waals surface area contributed by atoms with Gasteiger partial charge in [-0.05, 0) is 43.7 Å². The molecule has 0 aromatic heterocycles. The maximum atomic E-state index is 12.1. The first kappa shape index (κ1) is 22.2. The smallest absolute Gasteiger partial charge is 0.326 e. The fraction of sp³-hybridized carbons (Fsp3) is 0.619. The monoisotopic (exact) mass is 363 g/mol. The van der Waals surface area contributed by atoms with E-state index in [0.717, 1.165) is 5.56 Å². The van der Waals surface area contributed by atoms with E-state index in [2.05, 4.69) is 38.2 Å². The molecule has 0 aliphatic rings. The number of benzene rings is 1. The highest BCUT2D eigenvalue weighted by molar-refractivity contribution is 5.83. The summed E-state index contributed by atoms with van der Waals surface area (Å²) in [5.41, 5.74) is 2.08. The van der Waals surface area contributed by atoms with Crippen LogP contribution in [0.5, 0.6) is 0 Å². The van der Waals surface area contributed by atoms with Crippen molar-refractivity contribution in [2.24, 2.45) is 0 Å². The van der Waals surface area contributed by atoms with E-state index < -0.39 is 12.0 Å². The Labute approximate surface area is 157 Å². The van der Waals surface area contributed by atoms with Gasteiger partial charge in [0.2, 0.25) is 5.91 Å². The fourth-order valence-electron chi connectivity index (χ4n) is 2.44. The second-order valence-electron chi connectivity index (χ2n) is 8.65. The Balaban J connectivity index is 2.49. The second-order valence-corrected chi connectivity index (χ2v) is 8.65. The minimum Gasteiger partial charge on any atom is -0.480 e. The van der Waals surface area contributed by atoms with Crippen LogP contribution in [0.1, 0.15) is 65.5 Å². The largest absolute Gasteiger partial charge is 0.480 e. The quantitative estimate of drug-likeness (QED) is 0.738. The number of aryl methyl sites for hydroxylation is 1. The number of aliphatic carboxylic acids is 1. The Hall–Kier alpha value is -1.88. The molecule has 1 aromatic rings. The van der Waals surface area contributed by atoms with Gasteiger partial charge < -0.3 is 15.2 Å². The Morgan fingerprint density at radius 3 is 2.12 bits per heavy atom. The number of carboxylic acids is 1. The maximum Gasteiger partial charge on any atom is 0.326 e. The molecule has 1 unspecified atom stereocenters. The summed E-state index contributed by atoms with van der Waals surface area (Å²) in [4.78, 5) is 23.4. The normalized spacial score (nSPS) is 13.3. The van der Waals surface area contributed by atoms with Gasteiger partial charge in [0.05, 0.1) is 5.60 Å². The summed E-state index contributed by atoms with van der Waals surface area (Å²) in [6, 6.07) is 7.29. The Morgan fingerprint density at radius 1 is 1.08 bits per heavy atom. The van der Waals surface area contributed by atoms with E-state index in [1.807, 2.05) is 32.9 Å². The predicted octanol–water partition coefficient (Wildman–Crippen LogP) is 3.69. The number of hydrogen-bond donors (Lipinski definition) is 2. The number of hydrogen-bond acceptors (Lipinski definition) is 3. The number of rotatable bonds is 8. The number of carbonyl (C=O) groups is 2. The van der Waals surface area contributed by atoms with Crippen molar-refractivity contribution in [3.8, 4) is 0 Å². The lowest BCUT2D eigenvalue weighted by molar-refractivity contribution is -0.142. The van der Waals surface area contributed by atoms with E-state index in [-0.39, 0.29) is 36.4 Å². The molecule has 146 valence electrons. The summed E-state index contributed by atoms with van der Waals surface area (Å²) >= 11 is 0. The molecule has 5 nitrogen and oxygen atoms in total. The molecule has 1 aromatic carbocycles. The van der Waals surface area contributed by atoms with Crippen molar-refractivity contribution in [2.75, 3.05) is 6.61 Å². The lowest BCUT2D eigenvalue weighted by Gasteiger charge is -2.21. The van der Waals surface area contributed by atoms with Gasteiger partial charge in [-0.25, -0.2) is 4.79 Å². The molecule has 26 heavy (non-hydrogen) atoms. The van der Waals surface area contributed by atoms with Crippen LogP contribution in [0.15, 0.2) is 24.3 Å². The number of carboxylic acid groups (broad SMARTS) is 1. The molecule has 0 aliphatic heterocycles. The zero-order valence-corrected chi connectivity index (χ0v) is 16.9. The van der Waals surface area contributed by atoms with Crippen LogP contribution in [0.3, 0.4) is 0 Å². The summed E-state index contributed by atoms with van der Waals surface area (Å²) < 4.78 is 5.54. The van der Waals surface area contributed by atoms with E-state index in [4.69, 9.17) is 4.74 Å². The highest BCUT2D eigenvalue weighted by Crippen LogP contribution is 2.22. The zero-order chi connectivity index (χ0) is 20.0. The highest BCUT2D eigenvalue weighted by Gasteiger charge is 2.21. The average Bonchev–Trinajstić information content (AvgIpc) is 2.50. The van der Waals surface area contributed by atoms with Crippen molar-refractivity contribution >= 4 is 11.9 Å². The molecule has 0 heterocycles. The summed E-state index contributed by atoms with van der Waals surface area (Å²) in [7, 11) is 0. The van der Waals surface area contributed by atoms with Gasteiger partial charge in [0, 0.05) is 19.4 Å². The summed E-state index contributed by atoms with van der Waals surface area (Å²) in [5.74, 6) is -1.29. The van der Waals surface area contributed by atoms with Crippen molar-refractivity contribution in [1.29, 1.82) is 0 Å². The standard InChI is InChI=1S/C21H33NO4/c1-20(2,3)16-10-7-15(8-11-16)9-12-18(23)22-17(19(24)25)13-14-26-21(4,5)6/h7-8,10-11,17H,9,12-14H2,1-6H3,(H,22,23)(H,24,25). The van der Waals surface area contributed by atoms with Crippen molar-refractivity contribution in [2.45, 2.75) is 77.9 Å².